The molecular formula is C14H16O4. The third-order valence-corrected chi connectivity index (χ3v) is 3.93. The third kappa shape index (κ3) is 1.82. The molecular weight excluding hydrogens is 232 g/mol. The molecule has 3 rings (SSSR count). The lowest BCUT2D eigenvalue weighted by Gasteiger charge is -2.32. The highest BCUT2D eigenvalue weighted by Gasteiger charge is 2.48. The van der Waals surface area contributed by atoms with Gasteiger partial charge in [-0.1, -0.05) is 31.2 Å². The Morgan fingerprint density at radius 1 is 1.17 bits per heavy atom. The van der Waals surface area contributed by atoms with Crippen molar-refractivity contribution in [3.05, 3.63) is 36.5 Å². The minimum Gasteiger partial charge on any atom is -0.456 e. The van der Waals surface area contributed by atoms with Crippen LogP contribution in [0, 0.1) is 11.8 Å². The molecule has 4 heteroatoms. The summed E-state index contributed by atoms with van der Waals surface area (Å²) in [6.07, 6.45) is 9.29. The molecule has 2 bridgehead atoms. The molecule has 3 aliphatic heterocycles. The molecule has 0 amide bonds. The van der Waals surface area contributed by atoms with Gasteiger partial charge in [0, 0.05) is 12.0 Å². The van der Waals surface area contributed by atoms with Crippen LogP contribution < -0.4 is 0 Å². The lowest BCUT2D eigenvalue weighted by molar-refractivity contribution is -0.155. The molecule has 18 heavy (non-hydrogen) atoms. The highest BCUT2D eigenvalue weighted by molar-refractivity contribution is 5.83. The largest absolute Gasteiger partial charge is 0.456 e. The Kier molecular flexibility index (Phi) is 2.84. The van der Waals surface area contributed by atoms with E-state index in [0.717, 1.165) is 0 Å². The number of ether oxygens (including phenoxy) is 2. The SMILES string of the molecule is C[C@@H]1[C@H]([C@H]2OC(=O)C=C[C@H]2O)[C@H]2C=CC=C[C@@H]1O2. The predicted molar refractivity (Wildman–Crippen MR) is 64.6 cm³/mol. The molecule has 4 nitrogen and oxygen atoms in total. The van der Waals surface area contributed by atoms with Crippen molar-refractivity contribution in [1.82, 2.24) is 0 Å². The van der Waals surface area contributed by atoms with Gasteiger partial charge in [-0.15, -0.1) is 0 Å². The molecule has 0 aromatic rings. The van der Waals surface area contributed by atoms with Gasteiger partial charge in [-0.05, 0) is 12.0 Å². The normalized spacial score (nSPS) is 46.0. The van der Waals surface area contributed by atoms with Gasteiger partial charge in [0.1, 0.15) is 12.2 Å². The number of aliphatic hydroxyl groups excluding tert-OH is 1. The number of rotatable bonds is 1. The number of carbonyl (C=O) groups is 1. The Morgan fingerprint density at radius 3 is 2.67 bits per heavy atom. The molecule has 0 aromatic carbocycles. The van der Waals surface area contributed by atoms with E-state index in [9.17, 15) is 9.90 Å². The standard InChI is InChI=1S/C14H16O4/c1-8-10-4-2-3-5-11(17-10)13(8)14-9(15)6-7-12(16)18-14/h2-11,13-15H,1H3/t8-,9+,10-,11+,13-,14-/m0/s1. The molecule has 0 spiro atoms. The van der Waals surface area contributed by atoms with Crippen LogP contribution >= 0.6 is 0 Å². The van der Waals surface area contributed by atoms with Gasteiger partial charge in [0.2, 0.25) is 0 Å². The minimum absolute atomic E-state index is 0.0138. The summed E-state index contributed by atoms with van der Waals surface area (Å²) >= 11 is 0. The molecule has 1 saturated heterocycles. The van der Waals surface area contributed by atoms with Gasteiger partial charge < -0.3 is 14.6 Å². The maximum Gasteiger partial charge on any atom is 0.330 e. The van der Waals surface area contributed by atoms with Crippen molar-refractivity contribution in [3.8, 4) is 0 Å². The number of hydrogen-bond acceptors (Lipinski definition) is 4. The Hall–Kier alpha value is -1.39. The van der Waals surface area contributed by atoms with Crippen LogP contribution in [0.3, 0.4) is 0 Å². The first-order valence-electron chi connectivity index (χ1n) is 6.24. The van der Waals surface area contributed by atoms with Gasteiger partial charge in [-0.25, -0.2) is 4.79 Å². The highest BCUT2D eigenvalue weighted by atomic mass is 16.6. The summed E-state index contributed by atoms with van der Waals surface area (Å²) in [7, 11) is 0. The van der Waals surface area contributed by atoms with Crippen LogP contribution in [-0.4, -0.2) is 35.5 Å². The van der Waals surface area contributed by atoms with E-state index in [1.165, 1.54) is 12.2 Å². The monoisotopic (exact) mass is 248 g/mol. The quantitative estimate of drug-likeness (QED) is 0.703. The summed E-state index contributed by atoms with van der Waals surface area (Å²) in [5.41, 5.74) is 0. The topological polar surface area (TPSA) is 55.8 Å². The molecule has 96 valence electrons. The Morgan fingerprint density at radius 2 is 1.89 bits per heavy atom. The van der Waals surface area contributed by atoms with E-state index in [1.807, 2.05) is 24.3 Å². The van der Waals surface area contributed by atoms with E-state index >= 15 is 0 Å². The van der Waals surface area contributed by atoms with E-state index < -0.39 is 18.2 Å². The summed E-state index contributed by atoms with van der Waals surface area (Å²) < 4.78 is 11.2. The van der Waals surface area contributed by atoms with Gasteiger partial charge in [-0.2, -0.15) is 0 Å². The number of carbonyl (C=O) groups excluding carboxylic acids is 1. The van der Waals surface area contributed by atoms with Gasteiger partial charge in [0.15, 0.2) is 0 Å². The smallest absolute Gasteiger partial charge is 0.330 e. The van der Waals surface area contributed by atoms with E-state index in [0.29, 0.717) is 0 Å². The zero-order valence-electron chi connectivity index (χ0n) is 10.1. The Labute approximate surface area is 106 Å². The van der Waals surface area contributed by atoms with Crippen molar-refractivity contribution in [1.29, 1.82) is 0 Å². The van der Waals surface area contributed by atoms with E-state index in [4.69, 9.17) is 9.47 Å². The highest BCUT2D eigenvalue weighted by Crippen LogP contribution is 2.40. The van der Waals surface area contributed by atoms with Crippen molar-refractivity contribution < 1.29 is 19.4 Å². The number of hydrogen-bond donors (Lipinski definition) is 1. The number of aliphatic hydroxyl groups is 1. The number of cyclic esters (lactones) is 1. The zero-order valence-corrected chi connectivity index (χ0v) is 10.1. The molecule has 1 N–H and O–H groups in total. The minimum atomic E-state index is -0.753. The molecule has 0 radical (unpaired) electrons. The van der Waals surface area contributed by atoms with Crippen molar-refractivity contribution >= 4 is 5.97 Å². The third-order valence-electron chi connectivity index (χ3n) is 3.93. The first-order valence-corrected chi connectivity index (χ1v) is 6.24. The van der Waals surface area contributed by atoms with Crippen molar-refractivity contribution in [2.75, 3.05) is 0 Å². The van der Waals surface area contributed by atoms with Crippen LogP contribution in [0.1, 0.15) is 6.92 Å². The fraction of sp³-hybridized carbons (Fsp3) is 0.500. The van der Waals surface area contributed by atoms with E-state index in [2.05, 4.69) is 6.92 Å². The van der Waals surface area contributed by atoms with E-state index in [1.54, 1.807) is 0 Å². The maximum atomic E-state index is 11.3. The van der Waals surface area contributed by atoms with Gasteiger partial charge in [0.25, 0.3) is 0 Å². The van der Waals surface area contributed by atoms with Gasteiger partial charge >= 0.3 is 5.97 Å². The van der Waals surface area contributed by atoms with Crippen LogP contribution in [0.4, 0.5) is 0 Å². The van der Waals surface area contributed by atoms with Gasteiger partial charge in [-0.3, -0.25) is 0 Å². The van der Waals surface area contributed by atoms with Crippen LogP contribution in [0.2, 0.25) is 0 Å². The van der Waals surface area contributed by atoms with E-state index in [-0.39, 0.29) is 24.0 Å². The molecule has 3 aliphatic rings. The summed E-state index contributed by atoms with van der Waals surface area (Å²) in [6, 6.07) is 0. The molecule has 6 atom stereocenters. The molecule has 0 aromatic heterocycles. The summed E-state index contributed by atoms with van der Waals surface area (Å²) in [4.78, 5) is 11.3. The van der Waals surface area contributed by atoms with Gasteiger partial charge in [0.05, 0.1) is 12.2 Å². The molecule has 0 saturated carbocycles. The predicted octanol–water partition coefficient (Wildman–Crippen LogP) is 0.975. The number of fused-ring (bicyclic) bond motifs is 2. The summed E-state index contributed by atoms with van der Waals surface area (Å²) in [6.45, 7) is 2.07. The Balaban J connectivity index is 1.88. The second-order valence-electron chi connectivity index (χ2n) is 5.02. The lowest BCUT2D eigenvalue weighted by Crippen LogP contribution is -2.44. The zero-order chi connectivity index (χ0) is 12.7. The fourth-order valence-corrected chi connectivity index (χ4v) is 2.98. The maximum absolute atomic E-state index is 11.3. The Bertz CT molecular complexity index is 437. The fourth-order valence-electron chi connectivity index (χ4n) is 2.98. The molecule has 1 fully saturated rings. The second-order valence-corrected chi connectivity index (χ2v) is 5.02. The number of esters is 1. The first kappa shape index (κ1) is 11.7. The van der Waals surface area contributed by atoms with Crippen LogP contribution in [0.25, 0.3) is 0 Å². The number of allylic oxidation sites excluding steroid dienone is 2. The average Bonchev–Trinajstić information content (AvgIpc) is 2.54. The second kappa shape index (κ2) is 4.37. The van der Waals surface area contributed by atoms with Crippen LogP contribution in [0.15, 0.2) is 36.5 Å². The van der Waals surface area contributed by atoms with Crippen molar-refractivity contribution in [2.45, 2.75) is 31.3 Å². The molecule has 3 heterocycles. The summed E-state index contributed by atoms with van der Waals surface area (Å²) in [5, 5.41) is 9.99. The molecule has 0 aliphatic carbocycles. The summed E-state index contributed by atoms with van der Waals surface area (Å²) in [5.74, 6) is -0.202. The first-order chi connectivity index (χ1) is 8.66. The van der Waals surface area contributed by atoms with Crippen LogP contribution in [0.5, 0.6) is 0 Å². The average molecular weight is 248 g/mol. The lowest BCUT2D eigenvalue weighted by atomic mass is 9.80. The van der Waals surface area contributed by atoms with Crippen LogP contribution in [-0.2, 0) is 14.3 Å². The molecule has 0 unspecified atom stereocenters. The van der Waals surface area contributed by atoms with Crippen molar-refractivity contribution in [2.24, 2.45) is 11.8 Å². The van der Waals surface area contributed by atoms with Crippen molar-refractivity contribution in [3.63, 3.8) is 0 Å².